The van der Waals surface area contributed by atoms with Crippen molar-refractivity contribution in [3.05, 3.63) is 78.4 Å². The van der Waals surface area contributed by atoms with Crippen LogP contribution in [0.1, 0.15) is 18.1 Å². The van der Waals surface area contributed by atoms with Crippen molar-refractivity contribution >= 4 is 5.91 Å². The Morgan fingerprint density at radius 2 is 2.00 bits per heavy atom. The standard InChI is InChI=1S/C21H24N4O2/c1-17(14-25-12-6-11-23-25)21(26)24(15-18-7-5-10-22-13-18)16-19-8-3-4-9-20(19)27-2/h3-13,17H,14-16H2,1-2H3/t17-/m1/s1. The van der Waals surface area contributed by atoms with Gasteiger partial charge in [0, 0.05) is 43.4 Å². The number of pyridine rings is 1. The number of methoxy groups -OCH3 is 1. The van der Waals surface area contributed by atoms with E-state index in [9.17, 15) is 4.79 Å². The Bertz CT molecular complexity index is 850. The van der Waals surface area contributed by atoms with Gasteiger partial charge in [0.15, 0.2) is 0 Å². The average Bonchev–Trinajstić information content (AvgIpc) is 3.21. The third-order valence-corrected chi connectivity index (χ3v) is 4.40. The number of carbonyl (C=O) groups is 1. The van der Waals surface area contributed by atoms with E-state index in [1.165, 1.54) is 0 Å². The van der Waals surface area contributed by atoms with Crippen LogP contribution in [0, 0.1) is 5.92 Å². The fourth-order valence-corrected chi connectivity index (χ4v) is 3.04. The number of benzene rings is 1. The van der Waals surface area contributed by atoms with Crippen molar-refractivity contribution in [2.24, 2.45) is 5.92 Å². The summed E-state index contributed by atoms with van der Waals surface area (Å²) in [6.07, 6.45) is 7.12. The maximum absolute atomic E-state index is 13.2. The molecule has 0 spiro atoms. The van der Waals surface area contributed by atoms with Gasteiger partial charge in [0.1, 0.15) is 5.75 Å². The van der Waals surface area contributed by atoms with E-state index in [1.54, 1.807) is 30.4 Å². The summed E-state index contributed by atoms with van der Waals surface area (Å²) >= 11 is 0. The van der Waals surface area contributed by atoms with Crippen LogP contribution in [-0.4, -0.2) is 32.7 Å². The van der Waals surface area contributed by atoms with Crippen LogP contribution < -0.4 is 4.74 Å². The molecule has 0 aliphatic heterocycles. The second-order valence-electron chi connectivity index (χ2n) is 6.50. The predicted octanol–water partition coefficient (Wildman–Crippen LogP) is 3.15. The zero-order chi connectivity index (χ0) is 19.1. The largest absolute Gasteiger partial charge is 0.496 e. The first kappa shape index (κ1) is 18.6. The number of hydrogen-bond acceptors (Lipinski definition) is 4. The first-order chi connectivity index (χ1) is 13.2. The van der Waals surface area contributed by atoms with E-state index in [2.05, 4.69) is 10.1 Å². The molecule has 0 saturated heterocycles. The maximum Gasteiger partial charge on any atom is 0.227 e. The van der Waals surface area contributed by atoms with Crippen molar-refractivity contribution in [3.63, 3.8) is 0 Å². The van der Waals surface area contributed by atoms with Crippen molar-refractivity contribution in [2.45, 2.75) is 26.6 Å². The van der Waals surface area contributed by atoms with Gasteiger partial charge in [0.2, 0.25) is 5.91 Å². The third-order valence-electron chi connectivity index (χ3n) is 4.40. The van der Waals surface area contributed by atoms with Gasteiger partial charge in [-0.1, -0.05) is 31.2 Å². The minimum atomic E-state index is -0.198. The molecule has 1 aromatic carbocycles. The highest BCUT2D eigenvalue weighted by atomic mass is 16.5. The van der Waals surface area contributed by atoms with Gasteiger partial charge < -0.3 is 9.64 Å². The van der Waals surface area contributed by atoms with Gasteiger partial charge in [-0.05, 0) is 23.8 Å². The molecule has 1 amide bonds. The summed E-state index contributed by atoms with van der Waals surface area (Å²) in [5.41, 5.74) is 1.97. The average molecular weight is 364 g/mol. The van der Waals surface area contributed by atoms with E-state index in [0.717, 1.165) is 16.9 Å². The second-order valence-corrected chi connectivity index (χ2v) is 6.50. The number of hydrogen-bond donors (Lipinski definition) is 0. The van der Waals surface area contributed by atoms with Gasteiger partial charge in [-0.3, -0.25) is 14.5 Å². The molecule has 0 unspecified atom stereocenters. The normalized spacial score (nSPS) is 11.8. The molecular formula is C21H24N4O2. The lowest BCUT2D eigenvalue weighted by molar-refractivity contribution is -0.136. The summed E-state index contributed by atoms with van der Waals surface area (Å²) in [7, 11) is 1.65. The topological polar surface area (TPSA) is 60.2 Å². The molecule has 0 saturated carbocycles. The Morgan fingerprint density at radius 1 is 1.15 bits per heavy atom. The number of rotatable bonds is 8. The van der Waals surface area contributed by atoms with Crippen LogP contribution >= 0.6 is 0 Å². The summed E-state index contributed by atoms with van der Waals surface area (Å²) in [6.45, 7) is 3.44. The predicted molar refractivity (Wildman–Crippen MR) is 103 cm³/mol. The molecule has 0 aliphatic carbocycles. The first-order valence-electron chi connectivity index (χ1n) is 8.94. The number of ether oxygens (including phenoxy) is 1. The number of nitrogens with zero attached hydrogens (tertiary/aromatic N) is 4. The van der Waals surface area contributed by atoms with E-state index in [0.29, 0.717) is 19.6 Å². The Morgan fingerprint density at radius 3 is 2.70 bits per heavy atom. The van der Waals surface area contributed by atoms with Crippen LogP contribution in [0.15, 0.2) is 67.3 Å². The first-order valence-corrected chi connectivity index (χ1v) is 8.94. The van der Waals surface area contributed by atoms with Crippen molar-refractivity contribution in [3.8, 4) is 5.75 Å². The highest BCUT2D eigenvalue weighted by Gasteiger charge is 2.22. The van der Waals surface area contributed by atoms with Crippen molar-refractivity contribution in [1.82, 2.24) is 19.7 Å². The number of amides is 1. The molecule has 6 heteroatoms. The number of aromatic nitrogens is 3. The molecule has 0 fully saturated rings. The van der Waals surface area contributed by atoms with E-state index in [1.807, 2.05) is 60.5 Å². The Balaban J connectivity index is 1.81. The van der Waals surface area contributed by atoms with Crippen LogP contribution in [0.4, 0.5) is 0 Å². The smallest absolute Gasteiger partial charge is 0.227 e. The van der Waals surface area contributed by atoms with E-state index in [4.69, 9.17) is 4.74 Å². The van der Waals surface area contributed by atoms with E-state index < -0.39 is 0 Å². The molecule has 0 aliphatic rings. The molecule has 1 atom stereocenters. The summed E-state index contributed by atoms with van der Waals surface area (Å²) in [4.78, 5) is 19.2. The van der Waals surface area contributed by atoms with Crippen LogP contribution in [-0.2, 0) is 24.4 Å². The summed E-state index contributed by atoms with van der Waals surface area (Å²) in [6, 6.07) is 13.5. The molecule has 140 valence electrons. The van der Waals surface area contributed by atoms with Gasteiger partial charge in [0.25, 0.3) is 0 Å². The minimum Gasteiger partial charge on any atom is -0.496 e. The minimum absolute atomic E-state index is 0.0697. The summed E-state index contributed by atoms with van der Waals surface area (Å²) < 4.78 is 7.24. The second kappa shape index (κ2) is 8.98. The number of para-hydroxylation sites is 1. The van der Waals surface area contributed by atoms with Crippen LogP contribution in [0.5, 0.6) is 5.75 Å². The van der Waals surface area contributed by atoms with Crippen molar-refractivity contribution in [1.29, 1.82) is 0 Å². The third kappa shape index (κ3) is 4.94. The van der Waals surface area contributed by atoms with E-state index in [-0.39, 0.29) is 11.8 Å². The van der Waals surface area contributed by atoms with Gasteiger partial charge in [-0.15, -0.1) is 0 Å². The molecule has 3 rings (SSSR count). The molecule has 3 aromatic rings. The van der Waals surface area contributed by atoms with Gasteiger partial charge >= 0.3 is 0 Å². The van der Waals surface area contributed by atoms with Crippen LogP contribution in [0.25, 0.3) is 0 Å². The SMILES string of the molecule is COc1ccccc1CN(Cc1cccnc1)C(=O)[C@H](C)Cn1cccn1. The summed E-state index contributed by atoms with van der Waals surface area (Å²) in [5, 5.41) is 4.21. The fraction of sp³-hybridized carbons (Fsp3) is 0.286. The lowest BCUT2D eigenvalue weighted by Gasteiger charge is -2.27. The van der Waals surface area contributed by atoms with Gasteiger partial charge in [-0.25, -0.2) is 0 Å². The highest BCUT2D eigenvalue weighted by molar-refractivity contribution is 5.78. The molecular weight excluding hydrogens is 340 g/mol. The molecule has 0 N–H and O–H groups in total. The molecule has 0 bridgehead atoms. The zero-order valence-electron chi connectivity index (χ0n) is 15.7. The number of carbonyl (C=O) groups excluding carboxylic acids is 1. The maximum atomic E-state index is 13.2. The van der Waals surface area contributed by atoms with Crippen LogP contribution in [0.3, 0.4) is 0 Å². The molecule has 27 heavy (non-hydrogen) atoms. The molecule has 0 radical (unpaired) electrons. The fourth-order valence-electron chi connectivity index (χ4n) is 3.04. The van der Waals surface area contributed by atoms with Crippen molar-refractivity contribution < 1.29 is 9.53 Å². The summed E-state index contributed by atoms with van der Waals surface area (Å²) in [5.74, 6) is 0.651. The molecule has 2 aromatic heterocycles. The van der Waals surface area contributed by atoms with Crippen LogP contribution in [0.2, 0.25) is 0 Å². The Hall–Kier alpha value is -3.15. The van der Waals surface area contributed by atoms with Gasteiger partial charge in [-0.2, -0.15) is 5.10 Å². The monoisotopic (exact) mass is 364 g/mol. The Labute approximate surface area is 159 Å². The Kier molecular flexibility index (Phi) is 6.20. The lowest BCUT2D eigenvalue weighted by Crippen LogP contribution is -2.36. The quantitative estimate of drug-likeness (QED) is 0.616. The zero-order valence-corrected chi connectivity index (χ0v) is 15.7. The van der Waals surface area contributed by atoms with Crippen molar-refractivity contribution in [2.75, 3.05) is 7.11 Å². The molecule has 2 heterocycles. The van der Waals surface area contributed by atoms with Gasteiger partial charge in [0.05, 0.1) is 19.6 Å². The molecule has 6 nitrogen and oxygen atoms in total. The highest BCUT2D eigenvalue weighted by Crippen LogP contribution is 2.21. The van der Waals surface area contributed by atoms with E-state index >= 15 is 0 Å². The lowest BCUT2D eigenvalue weighted by atomic mass is 10.1.